The van der Waals surface area contributed by atoms with E-state index in [9.17, 15) is 10.0 Å². The van der Waals surface area contributed by atoms with Crippen LogP contribution in [0.3, 0.4) is 0 Å². The highest BCUT2D eigenvalue weighted by atomic mass is 16.5. The maximum atomic E-state index is 11.8. The molecule has 0 aliphatic rings. The van der Waals surface area contributed by atoms with Crippen LogP contribution in [0.15, 0.2) is 24.4 Å². The summed E-state index contributed by atoms with van der Waals surface area (Å²) in [4.78, 5) is 10.5. The molecule has 0 aliphatic heterocycles. The van der Waals surface area contributed by atoms with Crippen molar-refractivity contribution in [3.05, 3.63) is 35.3 Å². The number of unbranched alkanes of at least 4 members (excludes halogenated alkanes) is 5. The number of nitrogens with zero attached hydrogens (tertiary/aromatic N) is 1. The highest BCUT2D eigenvalue weighted by Crippen LogP contribution is 2.16. The molecule has 0 saturated carbocycles. The quantitative estimate of drug-likeness (QED) is 0.385. The zero-order valence-electron chi connectivity index (χ0n) is 13.2. The zero-order valence-corrected chi connectivity index (χ0v) is 13.2. The Bertz CT molecular complexity index is 486. The minimum Gasteiger partial charge on any atom is -0.618 e. The summed E-state index contributed by atoms with van der Waals surface area (Å²) in [6.07, 6.45) is 11.2. The van der Waals surface area contributed by atoms with Crippen LogP contribution in [0, 0.1) is 5.21 Å². The molecule has 22 heavy (non-hydrogen) atoms. The second-order valence-electron chi connectivity index (χ2n) is 5.20. The lowest BCUT2D eigenvalue weighted by Crippen LogP contribution is -2.29. The number of rotatable bonds is 11. The first kappa shape index (κ1) is 18.0. The van der Waals surface area contributed by atoms with Gasteiger partial charge in [0.05, 0.1) is 13.0 Å². The molecule has 0 atom stereocenters. The fourth-order valence-corrected chi connectivity index (χ4v) is 2.10. The van der Waals surface area contributed by atoms with E-state index < -0.39 is 5.97 Å². The Hall–Kier alpha value is -2.04. The number of aromatic nitrogens is 1. The van der Waals surface area contributed by atoms with Gasteiger partial charge in [0, 0.05) is 12.1 Å². The van der Waals surface area contributed by atoms with Crippen molar-refractivity contribution in [1.29, 1.82) is 0 Å². The van der Waals surface area contributed by atoms with Gasteiger partial charge >= 0.3 is 5.97 Å². The van der Waals surface area contributed by atoms with E-state index in [4.69, 9.17) is 9.84 Å². The van der Waals surface area contributed by atoms with Crippen molar-refractivity contribution in [3.8, 4) is 5.75 Å². The van der Waals surface area contributed by atoms with E-state index in [2.05, 4.69) is 6.92 Å². The van der Waals surface area contributed by atoms with E-state index in [-0.39, 0.29) is 6.42 Å². The lowest BCUT2D eigenvalue weighted by Gasteiger charge is -2.09. The van der Waals surface area contributed by atoms with Crippen LogP contribution in [0.25, 0.3) is 6.08 Å². The fraction of sp³-hybridized carbons (Fsp3) is 0.529. The van der Waals surface area contributed by atoms with Crippen molar-refractivity contribution < 1.29 is 19.4 Å². The van der Waals surface area contributed by atoms with E-state index in [1.807, 2.05) is 0 Å². The van der Waals surface area contributed by atoms with Crippen LogP contribution < -0.4 is 9.47 Å². The topological polar surface area (TPSA) is 73.5 Å². The Morgan fingerprint density at radius 3 is 2.77 bits per heavy atom. The number of hydrogen-bond donors (Lipinski definition) is 1. The van der Waals surface area contributed by atoms with Gasteiger partial charge in [0.1, 0.15) is 0 Å². The maximum Gasteiger partial charge on any atom is 0.307 e. The summed E-state index contributed by atoms with van der Waals surface area (Å²) >= 11 is 0. The number of ether oxygens (including phenoxy) is 1. The smallest absolute Gasteiger partial charge is 0.307 e. The average Bonchev–Trinajstić information content (AvgIpc) is 2.48. The van der Waals surface area contributed by atoms with Gasteiger partial charge in [0.15, 0.2) is 11.9 Å². The second kappa shape index (κ2) is 10.7. The van der Waals surface area contributed by atoms with Gasteiger partial charge in [0.2, 0.25) is 0 Å². The summed E-state index contributed by atoms with van der Waals surface area (Å²) in [5, 5.41) is 20.4. The Labute approximate surface area is 131 Å². The molecule has 0 unspecified atom stereocenters. The van der Waals surface area contributed by atoms with E-state index >= 15 is 0 Å². The summed E-state index contributed by atoms with van der Waals surface area (Å²) in [5.74, 6) is -0.438. The van der Waals surface area contributed by atoms with Crippen molar-refractivity contribution in [2.24, 2.45) is 0 Å². The summed E-state index contributed by atoms with van der Waals surface area (Å²) < 4.78 is 6.35. The van der Waals surface area contributed by atoms with Crippen LogP contribution in [0.4, 0.5) is 0 Å². The molecular weight excluding hydrogens is 282 g/mol. The molecule has 1 rings (SSSR count). The Kier molecular flexibility index (Phi) is 8.72. The Morgan fingerprint density at radius 2 is 2.05 bits per heavy atom. The molecule has 1 N–H and O–H groups in total. The van der Waals surface area contributed by atoms with Gasteiger partial charge in [-0.05, 0) is 12.5 Å². The van der Waals surface area contributed by atoms with E-state index in [0.29, 0.717) is 22.8 Å². The van der Waals surface area contributed by atoms with Crippen molar-refractivity contribution in [3.63, 3.8) is 0 Å². The molecule has 0 fully saturated rings. The number of carboxylic acid groups (broad SMARTS) is 1. The third kappa shape index (κ3) is 7.11. The third-order valence-electron chi connectivity index (χ3n) is 3.28. The standard InChI is InChI=1S/C17H25NO4/c1-2-3-4-5-6-7-14-22-16-11-9-13-18(21)15(16)10-8-12-17(19)20/h8-11,13H,2-7,12,14H2,1H3,(H,19,20). The molecule has 1 aromatic rings. The van der Waals surface area contributed by atoms with Crippen LogP contribution in [0.1, 0.15) is 57.6 Å². The van der Waals surface area contributed by atoms with Crippen LogP contribution in [0.5, 0.6) is 5.75 Å². The van der Waals surface area contributed by atoms with E-state index in [0.717, 1.165) is 12.8 Å². The summed E-state index contributed by atoms with van der Waals surface area (Å²) in [6, 6.07) is 3.35. The zero-order chi connectivity index (χ0) is 16.2. The summed E-state index contributed by atoms with van der Waals surface area (Å²) in [5.41, 5.74) is 0.342. The second-order valence-corrected chi connectivity index (χ2v) is 5.20. The highest BCUT2D eigenvalue weighted by molar-refractivity contribution is 5.70. The molecule has 5 nitrogen and oxygen atoms in total. The van der Waals surface area contributed by atoms with Gasteiger partial charge in [-0.2, -0.15) is 4.73 Å². The SMILES string of the molecule is CCCCCCCCOc1ccc[n+]([O-])c1C=CCC(=O)O. The lowest BCUT2D eigenvalue weighted by molar-refractivity contribution is -0.607. The predicted molar refractivity (Wildman–Crippen MR) is 85.6 cm³/mol. The molecule has 1 aromatic heterocycles. The molecule has 0 aromatic carbocycles. The monoisotopic (exact) mass is 307 g/mol. The molecule has 1 heterocycles. The number of pyridine rings is 1. The van der Waals surface area contributed by atoms with Crippen LogP contribution in [-0.2, 0) is 4.79 Å². The summed E-state index contributed by atoms with van der Waals surface area (Å²) in [7, 11) is 0. The normalized spacial score (nSPS) is 11.0. The minimum absolute atomic E-state index is 0.119. The largest absolute Gasteiger partial charge is 0.618 e. The lowest BCUT2D eigenvalue weighted by atomic mass is 10.1. The average molecular weight is 307 g/mol. The first-order valence-electron chi connectivity index (χ1n) is 7.88. The van der Waals surface area contributed by atoms with Crippen molar-refractivity contribution in [1.82, 2.24) is 0 Å². The number of carboxylic acids is 1. The van der Waals surface area contributed by atoms with E-state index in [1.165, 1.54) is 44.0 Å². The molecule has 0 spiro atoms. The number of aliphatic carboxylic acids is 1. The Morgan fingerprint density at radius 1 is 1.32 bits per heavy atom. The van der Waals surface area contributed by atoms with E-state index in [1.54, 1.807) is 12.1 Å². The first-order valence-corrected chi connectivity index (χ1v) is 7.88. The fourth-order valence-electron chi connectivity index (χ4n) is 2.10. The van der Waals surface area contributed by atoms with Gasteiger partial charge < -0.3 is 15.1 Å². The van der Waals surface area contributed by atoms with Gasteiger partial charge in [-0.25, -0.2) is 0 Å². The molecular formula is C17H25NO4. The Balaban J connectivity index is 2.47. The minimum atomic E-state index is -0.931. The van der Waals surface area contributed by atoms with Crippen molar-refractivity contribution in [2.45, 2.75) is 51.9 Å². The highest BCUT2D eigenvalue weighted by Gasteiger charge is 2.10. The molecule has 0 saturated heterocycles. The van der Waals surface area contributed by atoms with Crippen LogP contribution >= 0.6 is 0 Å². The van der Waals surface area contributed by atoms with Crippen molar-refractivity contribution in [2.75, 3.05) is 6.61 Å². The number of carbonyl (C=O) groups is 1. The number of hydrogen-bond acceptors (Lipinski definition) is 3. The van der Waals surface area contributed by atoms with Gasteiger partial charge in [-0.15, -0.1) is 0 Å². The third-order valence-corrected chi connectivity index (χ3v) is 3.28. The molecule has 5 heteroatoms. The predicted octanol–water partition coefficient (Wildman–Crippen LogP) is 3.55. The van der Waals surface area contributed by atoms with Crippen molar-refractivity contribution >= 4 is 12.0 Å². The van der Waals surface area contributed by atoms with Gasteiger partial charge in [-0.3, -0.25) is 4.79 Å². The maximum absolute atomic E-state index is 11.8. The summed E-state index contributed by atoms with van der Waals surface area (Å²) in [6.45, 7) is 2.76. The first-order chi connectivity index (χ1) is 10.6. The molecule has 0 radical (unpaired) electrons. The molecule has 0 bridgehead atoms. The van der Waals surface area contributed by atoms with Crippen LogP contribution in [0.2, 0.25) is 0 Å². The van der Waals surface area contributed by atoms with Gasteiger partial charge in [0.25, 0.3) is 5.69 Å². The van der Waals surface area contributed by atoms with Crippen LogP contribution in [-0.4, -0.2) is 17.7 Å². The molecule has 0 aliphatic carbocycles. The van der Waals surface area contributed by atoms with Gasteiger partial charge in [-0.1, -0.05) is 45.1 Å². The molecule has 122 valence electrons. The molecule has 0 amide bonds.